The summed E-state index contributed by atoms with van der Waals surface area (Å²) < 4.78 is 6.02. The molecule has 34 heavy (non-hydrogen) atoms. The molecule has 1 saturated heterocycles. The molecule has 1 N–H and O–H groups in total. The van der Waals surface area contributed by atoms with Crippen LogP contribution in [-0.4, -0.2) is 29.6 Å². The van der Waals surface area contributed by atoms with Crippen molar-refractivity contribution < 1.29 is 9.53 Å². The van der Waals surface area contributed by atoms with Crippen molar-refractivity contribution in [2.45, 2.75) is 90.7 Å². The van der Waals surface area contributed by atoms with Crippen LogP contribution in [0.5, 0.6) is 0 Å². The maximum Gasteiger partial charge on any atom is 0.323 e. The van der Waals surface area contributed by atoms with Gasteiger partial charge in [0.15, 0.2) is 0 Å². The second kappa shape index (κ2) is 8.05. The van der Waals surface area contributed by atoms with Gasteiger partial charge in [0.1, 0.15) is 12.1 Å². The summed E-state index contributed by atoms with van der Waals surface area (Å²) in [6.07, 6.45) is 19.0. The number of aromatic nitrogens is 1. The monoisotopic (exact) mass is 460 g/mol. The summed E-state index contributed by atoms with van der Waals surface area (Å²) in [7, 11) is 0. The van der Waals surface area contributed by atoms with E-state index in [-0.39, 0.29) is 34.4 Å². The van der Waals surface area contributed by atoms with Crippen LogP contribution >= 0.6 is 0 Å². The highest BCUT2D eigenvalue weighted by atomic mass is 16.5. The number of pyridine rings is 1. The normalized spacial score (nSPS) is 43.3. The molecule has 0 amide bonds. The van der Waals surface area contributed by atoms with E-state index in [1.54, 1.807) is 5.57 Å². The number of ether oxygens (including phenoxy) is 1. The number of nitrogens with one attached hydrogen (secondary N) is 1. The summed E-state index contributed by atoms with van der Waals surface area (Å²) in [6.45, 7) is 8.58. The predicted octanol–water partition coefficient (Wildman–Crippen LogP) is 6.09. The molecule has 0 unspecified atom stereocenters. The van der Waals surface area contributed by atoms with E-state index >= 15 is 0 Å². The number of allylic oxidation sites excluding steroid dienone is 3. The van der Waals surface area contributed by atoms with E-state index in [9.17, 15) is 4.79 Å². The fourth-order valence-corrected chi connectivity index (χ4v) is 8.73. The summed E-state index contributed by atoms with van der Waals surface area (Å²) in [5, 5.41) is 3.29. The zero-order valence-corrected chi connectivity index (χ0v) is 21.1. The molecule has 5 aliphatic rings. The zero-order valence-electron chi connectivity index (χ0n) is 21.1. The Kier molecular flexibility index (Phi) is 5.33. The van der Waals surface area contributed by atoms with E-state index < -0.39 is 0 Å². The summed E-state index contributed by atoms with van der Waals surface area (Å²) in [6, 6.07) is 4.23. The number of nitrogens with zero attached hydrogens (tertiary/aromatic N) is 1. The van der Waals surface area contributed by atoms with Crippen LogP contribution in [0, 0.1) is 28.1 Å². The highest BCUT2D eigenvalue weighted by molar-refractivity contribution is 5.76. The Morgan fingerprint density at radius 1 is 1.12 bits per heavy atom. The van der Waals surface area contributed by atoms with Gasteiger partial charge in [0.05, 0.1) is 0 Å². The van der Waals surface area contributed by atoms with E-state index in [0.29, 0.717) is 5.92 Å². The number of carbonyl (C=O) groups excluding carboxylic acids is 1. The minimum atomic E-state index is -0.0853. The van der Waals surface area contributed by atoms with Crippen molar-refractivity contribution in [1.29, 1.82) is 0 Å². The molecule has 4 heteroatoms. The number of esters is 1. The zero-order chi connectivity index (χ0) is 23.6. The van der Waals surface area contributed by atoms with E-state index in [1.807, 2.05) is 6.20 Å². The van der Waals surface area contributed by atoms with E-state index in [2.05, 4.69) is 61.6 Å². The predicted molar refractivity (Wildman–Crippen MR) is 135 cm³/mol. The number of rotatable bonds is 3. The lowest BCUT2D eigenvalue weighted by atomic mass is 9.42. The molecule has 4 nitrogen and oxygen atoms in total. The molecule has 6 rings (SSSR count). The highest BCUT2D eigenvalue weighted by Gasteiger charge is 2.62. The minimum absolute atomic E-state index is 0.0266. The van der Waals surface area contributed by atoms with Gasteiger partial charge in [0, 0.05) is 18.8 Å². The average Bonchev–Trinajstić information content (AvgIpc) is 3.47. The molecule has 7 atom stereocenters. The van der Waals surface area contributed by atoms with Crippen molar-refractivity contribution in [3.8, 4) is 0 Å². The lowest BCUT2D eigenvalue weighted by molar-refractivity contribution is -0.154. The van der Waals surface area contributed by atoms with Gasteiger partial charge < -0.3 is 10.1 Å². The standard InChI is InChI=1S/C30H40N2O2/c1-28-13-10-22(34-27(33)26-7-5-17-32-26)18-21(28)8-9-25-24(28)12-15-29(2)23(11-14-30(25,29)3)20-6-4-16-31-19-20/h4,6,8,11,16,19,22,24-26,32H,5,7,9-10,12-15,17-18H2,1-3H3/t22-,24-,25+,26-,28-,29+,30-/m0/s1. The molecule has 1 aromatic rings. The Labute approximate surface area is 204 Å². The quantitative estimate of drug-likeness (QED) is 0.438. The van der Waals surface area contributed by atoms with E-state index in [4.69, 9.17) is 4.74 Å². The second-order valence-corrected chi connectivity index (χ2v) is 12.4. The van der Waals surface area contributed by atoms with Gasteiger partial charge in [-0.05, 0) is 103 Å². The summed E-state index contributed by atoms with van der Waals surface area (Å²) >= 11 is 0. The Hall–Kier alpha value is -1.94. The Bertz CT molecular complexity index is 1030. The molecule has 2 heterocycles. The lowest BCUT2D eigenvalue weighted by Gasteiger charge is -2.62. The number of fused-ring (bicyclic) bond motifs is 5. The van der Waals surface area contributed by atoms with Crippen molar-refractivity contribution in [3.05, 3.63) is 47.8 Å². The van der Waals surface area contributed by atoms with Crippen LogP contribution in [0.15, 0.2) is 42.3 Å². The van der Waals surface area contributed by atoms with Crippen LogP contribution in [0.3, 0.4) is 0 Å². The first-order valence-electron chi connectivity index (χ1n) is 13.6. The average molecular weight is 461 g/mol. The van der Waals surface area contributed by atoms with Crippen LogP contribution < -0.4 is 5.32 Å². The highest BCUT2D eigenvalue weighted by Crippen LogP contribution is 2.71. The van der Waals surface area contributed by atoms with Gasteiger partial charge in [-0.1, -0.05) is 44.6 Å². The Morgan fingerprint density at radius 3 is 2.76 bits per heavy atom. The molecule has 0 radical (unpaired) electrons. The van der Waals surface area contributed by atoms with Gasteiger partial charge in [-0.15, -0.1) is 0 Å². The maximum atomic E-state index is 12.6. The molecule has 0 spiro atoms. The topological polar surface area (TPSA) is 51.2 Å². The van der Waals surface area contributed by atoms with E-state index in [1.165, 1.54) is 36.8 Å². The first kappa shape index (κ1) is 22.5. The molecule has 2 saturated carbocycles. The molecular formula is C30H40N2O2. The molecule has 3 fully saturated rings. The fraction of sp³-hybridized carbons (Fsp3) is 0.667. The molecule has 4 aliphatic carbocycles. The smallest absolute Gasteiger partial charge is 0.323 e. The van der Waals surface area contributed by atoms with Gasteiger partial charge in [-0.3, -0.25) is 9.78 Å². The third kappa shape index (κ3) is 3.20. The van der Waals surface area contributed by atoms with E-state index in [0.717, 1.165) is 44.6 Å². The van der Waals surface area contributed by atoms with Crippen LogP contribution in [-0.2, 0) is 9.53 Å². The first-order chi connectivity index (χ1) is 16.3. The minimum Gasteiger partial charge on any atom is -0.461 e. The molecular weight excluding hydrogens is 420 g/mol. The Balaban J connectivity index is 1.22. The van der Waals surface area contributed by atoms with Crippen LogP contribution in [0.1, 0.15) is 84.1 Å². The SMILES string of the molecule is C[C@]12CC[C@H](OC(=O)[C@@H]3CCCN3)CC1=CC[C@@H]1[C@@H]2CC[C@]2(C)C(c3cccnc3)=CC[C@@]12C. The maximum absolute atomic E-state index is 12.6. The largest absolute Gasteiger partial charge is 0.461 e. The van der Waals surface area contributed by atoms with Crippen molar-refractivity contribution in [2.24, 2.45) is 28.1 Å². The first-order valence-corrected chi connectivity index (χ1v) is 13.6. The van der Waals surface area contributed by atoms with Gasteiger partial charge in [-0.2, -0.15) is 0 Å². The summed E-state index contributed by atoms with van der Waals surface area (Å²) in [5.74, 6) is 1.40. The van der Waals surface area contributed by atoms with Crippen LogP contribution in [0.25, 0.3) is 5.57 Å². The van der Waals surface area contributed by atoms with Gasteiger partial charge in [0.25, 0.3) is 0 Å². The van der Waals surface area contributed by atoms with Gasteiger partial charge in [0.2, 0.25) is 0 Å². The number of carbonyl (C=O) groups is 1. The van der Waals surface area contributed by atoms with Gasteiger partial charge >= 0.3 is 5.97 Å². The molecule has 0 bridgehead atoms. The second-order valence-electron chi connectivity index (χ2n) is 12.4. The molecule has 182 valence electrons. The van der Waals surface area contributed by atoms with Crippen molar-refractivity contribution in [3.63, 3.8) is 0 Å². The van der Waals surface area contributed by atoms with Crippen molar-refractivity contribution in [1.82, 2.24) is 10.3 Å². The summed E-state index contributed by atoms with van der Waals surface area (Å²) in [4.78, 5) is 17.0. The number of hydrogen-bond donors (Lipinski definition) is 1. The third-order valence-electron chi connectivity index (χ3n) is 11.0. The third-order valence-corrected chi connectivity index (χ3v) is 11.0. The van der Waals surface area contributed by atoms with Gasteiger partial charge in [-0.25, -0.2) is 0 Å². The summed E-state index contributed by atoms with van der Waals surface area (Å²) in [5.41, 5.74) is 5.15. The van der Waals surface area contributed by atoms with Crippen LogP contribution in [0.2, 0.25) is 0 Å². The van der Waals surface area contributed by atoms with Crippen molar-refractivity contribution >= 4 is 11.5 Å². The molecule has 1 aliphatic heterocycles. The van der Waals surface area contributed by atoms with Crippen LogP contribution in [0.4, 0.5) is 0 Å². The van der Waals surface area contributed by atoms with Crippen molar-refractivity contribution in [2.75, 3.05) is 6.54 Å². The fourth-order valence-electron chi connectivity index (χ4n) is 8.73. The number of hydrogen-bond acceptors (Lipinski definition) is 4. The molecule has 1 aromatic heterocycles. The molecule has 0 aromatic carbocycles. The Morgan fingerprint density at radius 2 is 2.00 bits per heavy atom. The lowest BCUT2D eigenvalue weighted by Crippen LogP contribution is -2.54.